The second-order valence-corrected chi connectivity index (χ2v) is 7.33. The number of rotatable bonds is 12. The Morgan fingerprint density at radius 3 is 2.64 bits per heavy atom. The standard InChI is InChI=1S/C19H40N6O2.HI/c1-6-25-12-7-9-17(25)15-21-19(22-16-18(26)23(2)3)20-10-13-24(4)11-8-14-27-5;/h17H,6-16H2,1-5H3,(H2,20,21,22);1H. The zero-order valence-electron chi connectivity index (χ0n) is 18.4. The van der Waals surface area contributed by atoms with Crippen molar-refractivity contribution in [3.05, 3.63) is 0 Å². The van der Waals surface area contributed by atoms with Crippen LogP contribution in [0.3, 0.4) is 0 Å². The molecule has 0 aromatic heterocycles. The molecule has 1 rings (SSSR count). The van der Waals surface area contributed by atoms with Crippen LogP contribution in [0.1, 0.15) is 26.2 Å². The summed E-state index contributed by atoms with van der Waals surface area (Å²) in [7, 11) is 7.35. The first kappa shape index (κ1) is 27.4. The van der Waals surface area contributed by atoms with Gasteiger partial charge in [0.1, 0.15) is 6.54 Å². The molecule has 1 aliphatic heterocycles. The van der Waals surface area contributed by atoms with Gasteiger partial charge in [-0.15, -0.1) is 24.0 Å². The minimum Gasteiger partial charge on any atom is -0.385 e. The Morgan fingerprint density at radius 1 is 1.25 bits per heavy atom. The third kappa shape index (κ3) is 11.4. The summed E-state index contributed by atoms with van der Waals surface area (Å²) in [6, 6.07) is 0.545. The highest BCUT2D eigenvalue weighted by atomic mass is 127. The van der Waals surface area contributed by atoms with Gasteiger partial charge in [0.15, 0.2) is 5.96 Å². The van der Waals surface area contributed by atoms with Crippen molar-refractivity contribution in [2.75, 3.05) is 80.7 Å². The number of nitrogens with zero attached hydrogens (tertiary/aromatic N) is 4. The lowest BCUT2D eigenvalue weighted by Crippen LogP contribution is -2.46. The Morgan fingerprint density at radius 2 is 2.00 bits per heavy atom. The summed E-state index contributed by atoms with van der Waals surface area (Å²) in [5, 5.41) is 6.80. The van der Waals surface area contributed by atoms with E-state index in [9.17, 15) is 4.79 Å². The van der Waals surface area contributed by atoms with Crippen molar-refractivity contribution >= 4 is 35.8 Å². The van der Waals surface area contributed by atoms with Crippen molar-refractivity contribution in [3.8, 4) is 0 Å². The largest absolute Gasteiger partial charge is 0.385 e. The van der Waals surface area contributed by atoms with Crippen molar-refractivity contribution < 1.29 is 9.53 Å². The number of halogens is 1. The number of likely N-dealkylation sites (tertiary alicyclic amines) is 1. The number of carbonyl (C=O) groups is 1. The Bertz CT molecular complexity index is 450. The molecule has 2 N–H and O–H groups in total. The van der Waals surface area contributed by atoms with Crippen LogP contribution in [0.4, 0.5) is 0 Å². The van der Waals surface area contributed by atoms with E-state index in [2.05, 4.69) is 39.4 Å². The molecule has 1 amide bonds. The summed E-state index contributed by atoms with van der Waals surface area (Å²) >= 11 is 0. The summed E-state index contributed by atoms with van der Waals surface area (Å²) in [4.78, 5) is 22.7. The monoisotopic (exact) mass is 512 g/mol. The molecule has 0 aliphatic carbocycles. The van der Waals surface area contributed by atoms with Crippen molar-refractivity contribution in [1.82, 2.24) is 25.3 Å². The van der Waals surface area contributed by atoms with E-state index in [0.29, 0.717) is 6.04 Å². The van der Waals surface area contributed by atoms with Crippen LogP contribution in [0.25, 0.3) is 0 Å². The summed E-state index contributed by atoms with van der Waals surface area (Å²) < 4.78 is 5.10. The highest BCUT2D eigenvalue weighted by Gasteiger charge is 2.22. The molecule has 1 aliphatic rings. The number of guanidine groups is 1. The van der Waals surface area contributed by atoms with Gasteiger partial charge in [0.2, 0.25) is 5.91 Å². The van der Waals surface area contributed by atoms with E-state index in [1.165, 1.54) is 19.4 Å². The molecule has 0 saturated carbocycles. The number of carbonyl (C=O) groups excluding carboxylic acids is 1. The lowest BCUT2D eigenvalue weighted by atomic mass is 10.2. The van der Waals surface area contributed by atoms with Gasteiger partial charge in [-0.25, -0.2) is 4.99 Å². The number of amides is 1. The van der Waals surface area contributed by atoms with Crippen LogP contribution >= 0.6 is 24.0 Å². The third-order valence-corrected chi connectivity index (χ3v) is 4.96. The molecule has 9 heteroatoms. The molecule has 8 nitrogen and oxygen atoms in total. The molecular weight excluding hydrogens is 471 g/mol. The fraction of sp³-hybridized carbons (Fsp3) is 0.895. The van der Waals surface area contributed by atoms with E-state index in [-0.39, 0.29) is 36.4 Å². The Hall–Kier alpha value is -0.650. The van der Waals surface area contributed by atoms with E-state index in [4.69, 9.17) is 4.74 Å². The van der Waals surface area contributed by atoms with Gasteiger partial charge in [0.05, 0.1) is 0 Å². The first-order valence-electron chi connectivity index (χ1n) is 10.1. The van der Waals surface area contributed by atoms with Gasteiger partial charge in [-0.1, -0.05) is 6.92 Å². The highest BCUT2D eigenvalue weighted by molar-refractivity contribution is 14.0. The number of ether oxygens (including phenoxy) is 1. The first-order chi connectivity index (χ1) is 13.0. The first-order valence-corrected chi connectivity index (χ1v) is 10.1. The normalized spacial score (nSPS) is 17.5. The maximum Gasteiger partial charge on any atom is 0.243 e. The molecule has 28 heavy (non-hydrogen) atoms. The number of methoxy groups -OCH3 is 1. The van der Waals surface area contributed by atoms with Crippen LogP contribution in [0, 0.1) is 0 Å². The molecule has 166 valence electrons. The topological polar surface area (TPSA) is 72.4 Å². The molecule has 1 fully saturated rings. The lowest BCUT2D eigenvalue weighted by Gasteiger charge is -2.24. The predicted molar refractivity (Wildman–Crippen MR) is 127 cm³/mol. The molecule has 1 atom stereocenters. The fourth-order valence-corrected chi connectivity index (χ4v) is 3.18. The van der Waals surface area contributed by atoms with E-state index in [0.717, 1.165) is 51.7 Å². The summed E-state index contributed by atoms with van der Waals surface area (Å²) in [5.74, 6) is 0.724. The number of likely N-dealkylation sites (N-methyl/N-ethyl adjacent to an activating group) is 3. The van der Waals surface area contributed by atoms with Crippen molar-refractivity contribution in [2.24, 2.45) is 4.99 Å². The maximum atomic E-state index is 11.9. The highest BCUT2D eigenvalue weighted by Crippen LogP contribution is 2.15. The fourth-order valence-electron chi connectivity index (χ4n) is 3.18. The number of hydrogen-bond donors (Lipinski definition) is 2. The molecule has 0 aromatic carbocycles. The zero-order chi connectivity index (χ0) is 20.1. The van der Waals surface area contributed by atoms with Crippen LogP contribution in [0.2, 0.25) is 0 Å². The second-order valence-electron chi connectivity index (χ2n) is 7.33. The van der Waals surface area contributed by atoms with Crippen LogP contribution in [-0.4, -0.2) is 113 Å². The van der Waals surface area contributed by atoms with E-state index >= 15 is 0 Å². The summed E-state index contributed by atoms with van der Waals surface area (Å²) in [6.07, 6.45) is 3.50. The zero-order valence-corrected chi connectivity index (χ0v) is 20.7. The average Bonchev–Trinajstić information content (AvgIpc) is 3.10. The molecule has 1 heterocycles. The lowest BCUT2D eigenvalue weighted by molar-refractivity contribution is -0.127. The minimum atomic E-state index is 0. The second kappa shape index (κ2) is 16.2. The van der Waals surface area contributed by atoms with Crippen LogP contribution < -0.4 is 10.6 Å². The maximum absolute atomic E-state index is 11.9. The van der Waals surface area contributed by atoms with Gasteiger partial charge < -0.3 is 25.2 Å². The Kier molecular flexibility index (Phi) is 15.8. The molecule has 1 saturated heterocycles. The molecule has 0 aromatic rings. The number of nitrogens with one attached hydrogen (secondary N) is 2. The molecular formula is C19H41IN6O2. The smallest absolute Gasteiger partial charge is 0.243 e. The number of aliphatic imine (C=N–C) groups is 1. The molecule has 0 bridgehead atoms. The predicted octanol–water partition coefficient (Wildman–Crippen LogP) is 0.680. The molecule has 1 unspecified atom stereocenters. The molecule has 0 spiro atoms. The summed E-state index contributed by atoms with van der Waals surface area (Å²) in [6.45, 7) is 8.97. The van der Waals surface area contributed by atoms with E-state index in [1.54, 1.807) is 26.1 Å². The summed E-state index contributed by atoms with van der Waals surface area (Å²) in [5.41, 5.74) is 0. The van der Waals surface area contributed by atoms with Crippen LogP contribution in [0.15, 0.2) is 4.99 Å². The third-order valence-electron chi connectivity index (χ3n) is 4.96. The van der Waals surface area contributed by atoms with Crippen LogP contribution in [-0.2, 0) is 9.53 Å². The van der Waals surface area contributed by atoms with Crippen molar-refractivity contribution in [2.45, 2.75) is 32.2 Å². The SMILES string of the molecule is CCN1CCCC1CNC(=NCC(=O)N(C)C)NCCN(C)CCCOC.I. The average molecular weight is 512 g/mol. The number of hydrogen-bond acceptors (Lipinski definition) is 5. The quantitative estimate of drug-likeness (QED) is 0.174. The van der Waals surface area contributed by atoms with E-state index in [1.807, 2.05) is 0 Å². The van der Waals surface area contributed by atoms with Gasteiger partial charge in [-0.2, -0.15) is 0 Å². The molecule has 0 radical (unpaired) electrons. The van der Waals surface area contributed by atoms with Gasteiger partial charge in [0, 0.05) is 60.0 Å². The minimum absolute atomic E-state index is 0. The van der Waals surface area contributed by atoms with Gasteiger partial charge in [0.25, 0.3) is 0 Å². The van der Waals surface area contributed by atoms with Gasteiger partial charge in [-0.3, -0.25) is 9.69 Å². The Labute approximate surface area is 188 Å². The Balaban J connectivity index is 0.00000729. The van der Waals surface area contributed by atoms with Crippen LogP contribution in [0.5, 0.6) is 0 Å². The van der Waals surface area contributed by atoms with Gasteiger partial charge >= 0.3 is 0 Å². The van der Waals surface area contributed by atoms with E-state index < -0.39 is 0 Å². The van der Waals surface area contributed by atoms with Crippen molar-refractivity contribution in [1.29, 1.82) is 0 Å². The van der Waals surface area contributed by atoms with Gasteiger partial charge in [-0.05, 0) is 39.4 Å². The van der Waals surface area contributed by atoms with Crippen molar-refractivity contribution in [3.63, 3.8) is 0 Å².